The number of aryl methyl sites for hydroxylation is 1. The van der Waals surface area contributed by atoms with Gasteiger partial charge in [-0.05, 0) is 62.1 Å². The molecule has 0 heterocycles. The minimum Gasteiger partial charge on any atom is -0.304 e. The molecule has 124 valence electrons. The SMILES string of the molecule is CNC1(c2ccccc2Cl)CCC/C(=C\c2ccc(C)cc2)C1=O. The number of rotatable bonds is 3. The van der Waals surface area contributed by atoms with Gasteiger partial charge < -0.3 is 5.32 Å². The van der Waals surface area contributed by atoms with Crippen molar-refractivity contribution in [3.05, 3.63) is 75.8 Å². The van der Waals surface area contributed by atoms with Crippen molar-refractivity contribution in [2.45, 2.75) is 31.7 Å². The number of benzene rings is 2. The van der Waals surface area contributed by atoms with Crippen molar-refractivity contribution in [3.63, 3.8) is 0 Å². The Balaban J connectivity index is 2.02. The van der Waals surface area contributed by atoms with Crippen molar-refractivity contribution in [2.75, 3.05) is 7.05 Å². The number of Topliss-reactive ketones (excluding diaryl/α,β-unsaturated/α-hetero) is 1. The fourth-order valence-corrected chi connectivity index (χ4v) is 3.78. The maximum atomic E-state index is 13.3. The lowest BCUT2D eigenvalue weighted by Gasteiger charge is -2.37. The highest BCUT2D eigenvalue weighted by molar-refractivity contribution is 6.32. The molecule has 1 aliphatic carbocycles. The van der Waals surface area contributed by atoms with Gasteiger partial charge in [0.1, 0.15) is 5.54 Å². The van der Waals surface area contributed by atoms with Gasteiger partial charge in [-0.15, -0.1) is 0 Å². The summed E-state index contributed by atoms with van der Waals surface area (Å²) in [6, 6.07) is 15.9. The van der Waals surface area contributed by atoms with Crippen molar-refractivity contribution in [1.82, 2.24) is 5.32 Å². The average Bonchev–Trinajstić information content (AvgIpc) is 2.60. The number of carbonyl (C=O) groups is 1. The van der Waals surface area contributed by atoms with Gasteiger partial charge in [-0.1, -0.05) is 59.6 Å². The van der Waals surface area contributed by atoms with E-state index in [1.807, 2.05) is 37.4 Å². The molecule has 1 fully saturated rings. The summed E-state index contributed by atoms with van der Waals surface area (Å²) in [5.41, 5.74) is 3.28. The lowest BCUT2D eigenvalue weighted by molar-refractivity contribution is -0.123. The average molecular weight is 340 g/mol. The van der Waals surface area contributed by atoms with Gasteiger partial charge in [0.05, 0.1) is 0 Å². The third kappa shape index (κ3) is 3.04. The van der Waals surface area contributed by atoms with Crippen LogP contribution in [0.4, 0.5) is 0 Å². The summed E-state index contributed by atoms with van der Waals surface area (Å²) < 4.78 is 0. The van der Waals surface area contributed by atoms with E-state index in [2.05, 4.69) is 36.5 Å². The first kappa shape index (κ1) is 16.9. The van der Waals surface area contributed by atoms with Crippen LogP contribution in [0.5, 0.6) is 0 Å². The second kappa shape index (κ2) is 6.92. The first-order valence-corrected chi connectivity index (χ1v) is 8.70. The smallest absolute Gasteiger partial charge is 0.183 e. The molecular formula is C21H22ClNO. The maximum absolute atomic E-state index is 13.3. The normalized spacial score (nSPS) is 22.8. The molecule has 0 bridgehead atoms. The molecule has 0 radical (unpaired) electrons. The second-order valence-corrected chi connectivity index (χ2v) is 6.81. The largest absolute Gasteiger partial charge is 0.304 e. The zero-order chi connectivity index (χ0) is 17.2. The lowest BCUT2D eigenvalue weighted by atomic mass is 9.73. The lowest BCUT2D eigenvalue weighted by Crippen LogP contribution is -2.50. The van der Waals surface area contributed by atoms with Gasteiger partial charge in [-0.3, -0.25) is 4.79 Å². The van der Waals surface area contributed by atoms with Gasteiger partial charge in [-0.25, -0.2) is 0 Å². The Morgan fingerprint density at radius 1 is 1.12 bits per heavy atom. The maximum Gasteiger partial charge on any atom is 0.183 e. The molecule has 2 nitrogen and oxygen atoms in total. The third-order valence-corrected chi connectivity index (χ3v) is 5.19. The van der Waals surface area contributed by atoms with Crippen LogP contribution in [0.3, 0.4) is 0 Å². The molecule has 2 aromatic rings. The molecule has 0 aromatic heterocycles. The van der Waals surface area contributed by atoms with E-state index in [1.165, 1.54) is 5.56 Å². The van der Waals surface area contributed by atoms with Crippen LogP contribution in [0, 0.1) is 6.92 Å². The topological polar surface area (TPSA) is 29.1 Å². The van der Waals surface area contributed by atoms with Gasteiger partial charge in [0.25, 0.3) is 0 Å². The minimum absolute atomic E-state index is 0.130. The minimum atomic E-state index is -0.729. The summed E-state index contributed by atoms with van der Waals surface area (Å²) in [6.45, 7) is 2.06. The van der Waals surface area contributed by atoms with Crippen molar-refractivity contribution >= 4 is 23.5 Å². The van der Waals surface area contributed by atoms with E-state index in [4.69, 9.17) is 11.6 Å². The van der Waals surface area contributed by atoms with E-state index in [0.29, 0.717) is 5.02 Å². The van der Waals surface area contributed by atoms with E-state index in [0.717, 1.165) is 36.0 Å². The van der Waals surface area contributed by atoms with Crippen LogP contribution in [0.1, 0.15) is 36.0 Å². The van der Waals surface area contributed by atoms with E-state index < -0.39 is 5.54 Å². The monoisotopic (exact) mass is 339 g/mol. The van der Waals surface area contributed by atoms with Gasteiger partial charge >= 0.3 is 0 Å². The zero-order valence-electron chi connectivity index (χ0n) is 14.1. The molecule has 0 amide bonds. The van der Waals surface area contributed by atoms with Crippen LogP contribution >= 0.6 is 11.6 Å². The van der Waals surface area contributed by atoms with Crippen molar-refractivity contribution in [3.8, 4) is 0 Å². The molecule has 1 unspecified atom stereocenters. The Hall–Kier alpha value is -1.90. The van der Waals surface area contributed by atoms with Crippen LogP contribution in [0.15, 0.2) is 54.1 Å². The van der Waals surface area contributed by atoms with Crippen LogP contribution in [-0.4, -0.2) is 12.8 Å². The van der Waals surface area contributed by atoms with Crippen LogP contribution in [0.25, 0.3) is 6.08 Å². The molecular weight excluding hydrogens is 318 g/mol. The summed E-state index contributed by atoms with van der Waals surface area (Å²) in [5, 5.41) is 3.91. The van der Waals surface area contributed by atoms with Gasteiger partial charge in [0, 0.05) is 5.02 Å². The molecule has 1 atom stereocenters. The Kier molecular flexibility index (Phi) is 4.88. The number of likely N-dealkylation sites (N-methyl/N-ethyl adjacent to an activating group) is 1. The van der Waals surface area contributed by atoms with Crippen molar-refractivity contribution < 1.29 is 4.79 Å². The second-order valence-electron chi connectivity index (χ2n) is 6.40. The number of carbonyl (C=O) groups excluding carboxylic acids is 1. The number of hydrogen-bond donors (Lipinski definition) is 1. The van der Waals surface area contributed by atoms with Crippen molar-refractivity contribution in [1.29, 1.82) is 0 Å². The quantitative estimate of drug-likeness (QED) is 0.806. The van der Waals surface area contributed by atoms with Crippen LogP contribution in [0.2, 0.25) is 5.02 Å². The highest BCUT2D eigenvalue weighted by Gasteiger charge is 2.43. The van der Waals surface area contributed by atoms with Gasteiger partial charge in [0.2, 0.25) is 0 Å². The molecule has 3 heteroatoms. The highest BCUT2D eigenvalue weighted by atomic mass is 35.5. The number of ketones is 1. The Morgan fingerprint density at radius 2 is 1.83 bits per heavy atom. The molecule has 1 N–H and O–H groups in total. The molecule has 0 aliphatic heterocycles. The number of halogens is 1. The molecule has 0 spiro atoms. The van der Waals surface area contributed by atoms with E-state index in [1.54, 1.807) is 0 Å². The summed E-state index contributed by atoms with van der Waals surface area (Å²) in [5.74, 6) is 0.130. The molecule has 3 rings (SSSR count). The molecule has 2 aromatic carbocycles. The summed E-state index contributed by atoms with van der Waals surface area (Å²) >= 11 is 6.40. The Labute approximate surface area is 148 Å². The summed E-state index contributed by atoms with van der Waals surface area (Å²) in [7, 11) is 1.84. The van der Waals surface area contributed by atoms with Crippen LogP contribution in [-0.2, 0) is 10.3 Å². The van der Waals surface area contributed by atoms with Gasteiger partial charge in [-0.2, -0.15) is 0 Å². The summed E-state index contributed by atoms with van der Waals surface area (Å²) in [6.07, 6.45) is 4.54. The predicted molar refractivity (Wildman–Crippen MR) is 100 cm³/mol. The third-order valence-electron chi connectivity index (χ3n) is 4.86. The molecule has 24 heavy (non-hydrogen) atoms. The zero-order valence-corrected chi connectivity index (χ0v) is 14.9. The number of hydrogen-bond acceptors (Lipinski definition) is 2. The van der Waals surface area contributed by atoms with E-state index in [-0.39, 0.29) is 5.78 Å². The fraction of sp³-hybridized carbons (Fsp3) is 0.286. The fourth-order valence-electron chi connectivity index (χ4n) is 3.48. The molecule has 1 saturated carbocycles. The first-order valence-electron chi connectivity index (χ1n) is 8.33. The molecule has 1 aliphatic rings. The van der Waals surface area contributed by atoms with Crippen molar-refractivity contribution in [2.24, 2.45) is 0 Å². The Morgan fingerprint density at radius 3 is 2.50 bits per heavy atom. The van der Waals surface area contributed by atoms with E-state index in [9.17, 15) is 4.79 Å². The van der Waals surface area contributed by atoms with Crippen LogP contribution < -0.4 is 5.32 Å². The standard InChI is InChI=1S/C21H22ClNO/c1-15-9-11-16(12-10-15)14-17-6-5-13-21(23-2,20(17)24)18-7-3-4-8-19(18)22/h3-4,7-12,14,23H,5-6,13H2,1-2H3/b17-14+. The molecule has 0 saturated heterocycles. The first-order chi connectivity index (χ1) is 11.6. The summed E-state index contributed by atoms with van der Waals surface area (Å²) in [4.78, 5) is 13.3. The Bertz CT molecular complexity index is 779. The van der Waals surface area contributed by atoms with Gasteiger partial charge in [0.15, 0.2) is 5.78 Å². The highest BCUT2D eigenvalue weighted by Crippen LogP contribution is 2.40. The number of nitrogens with one attached hydrogen (secondary N) is 1. The van der Waals surface area contributed by atoms with E-state index >= 15 is 0 Å². The predicted octanol–water partition coefficient (Wildman–Crippen LogP) is 4.90.